The van der Waals surface area contributed by atoms with Crippen molar-refractivity contribution < 1.29 is 4.74 Å². The molecule has 3 heterocycles. The standard InChI is InChI=1S/C20H25N5OS/c1-14-6-8-21-18(14)19-22-20(24-23-19)27-11-3-9-25-10-7-15-12-17(26-2)5-4-16(15)13-25/h4-6,8,12,21H,3,7,9-11,13H2,1-2H3,(H,22,23,24). The number of hydrogen-bond acceptors (Lipinski definition) is 5. The number of aromatic nitrogens is 4. The number of H-pyrrole nitrogens is 2. The lowest BCUT2D eigenvalue weighted by atomic mass is 9.99. The van der Waals surface area contributed by atoms with E-state index in [2.05, 4.69) is 50.2 Å². The molecule has 0 saturated carbocycles. The second-order valence-electron chi connectivity index (χ2n) is 6.87. The maximum Gasteiger partial charge on any atom is 0.208 e. The van der Waals surface area contributed by atoms with E-state index in [9.17, 15) is 0 Å². The van der Waals surface area contributed by atoms with Gasteiger partial charge in [0, 0.05) is 25.0 Å². The highest BCUT2D eigenvalue weighted by atomic mass is 32.2. The zero-order valence-electron chi connectivity index (χ0n) is 15.8. The van der Waals surface area contributed by atoms with E-state index in [1.807, 2.05) is 12.3 Å². The van der Waals surface area contributed by atoms with Crippen LogP contribution >= 0.6 is 11.8 Å². The molecule has 4 rings (SSSR count). The normalized spacial score (nSPS) is 14.3. The highest BCUT2D eigenvalue weighted by molar-refractivity contribution is 7.99. The molecule has 1 aliphatic heterocycles. The molecule has 0 amide bonds. The molecule has 0 saturated heterocycles. The first-order valence-corrected chi connectivity index (χ1v) is 10.3. The fraction of sp³-hybridized carbons (Fsp3) is 0.400. The van der Waals surface area contributed by atoms with Crippen LogP contribution in [0.1, 0.15) is 23.1 Å². The third kappa shape index (κ3) is 4.20. The lowest BCUT2D eigenvalue weighted by Crippen LogP contribution is -2.31. The maximum atomic E-state index is 5.33. The van der Waals surface area contributed by atoms with Crippen LogP contribution in [0.15, 0.2) is 35.6 Å². The smallest absolute Gasteiger partial charge is 0.208 e. The van der Waals surface area contributed by atoms with Crippen LogP contribution < -0.4 is 4.74 Å². The van der Waals surface area contributed by atoms with Crippen LogP contribution in [0.5, 0.6) is 5.75 Å². The third-order valence-corrected chi connectivity index (χ3v) is 5.95. The van der Waals surface area contributed by atoms with Crippen molar-refractivity contribution >= 4 is 11.8 Å². The fourth-order valence-electron chi connectivity index (χ4n) is 3.48. The van der Waals surface area contributed by atoms with Crippen molar-refractivity contribution in [1.29, 1.82) is 0 Å². The molecule has 0 fully saturated rings. The van der Waals surface area contributed by atoms with E-state index in [1.165, 1.54) is 16.7 Å². The predicted octanol–water partition coefficient (Wildman–Crippen LogP) is 3.66. The second-order valence-corrected chi connectivity index (χ2v) is 7.93. The van der Waals surface area contributed by atoms with E-state index in [-0.39, 0.29) is 0 Å². The minimum Gasteiger partial charge on any atom is -0.497 e. The van der Waals surface area contributed by atoms with Gasteiger partial charge in [0.1, 0.15) is 5.75 Å². The van der Waals surface area contributed by atoms with E-state index in [0.717, 1.165) is 60.7 Å². The van der Waals surface area contributed by atoms with Gasteiger partial charge in [0.25, 0.3) is 0 Å². The van der Waals surface area contributed by atoms with Crippen molar-refractivity contribution in [3.63, 3.8) is 0 Å². The van der Waals surface area contributed by atoms with Crippen molar-refractivity contribution in [3.05, 3.63) is 47.2 Å². The van der Waals surface area contributed by atoms with E-state index in [1.54, 1.807) is 18.9 Å². The minimum absolute atomic E-state index is 0.808. The summed E-state index contributed by atoms with van der Waals surface area (Å²) in [6.07, 6.45) is 4.15. The Morgan fingerprint density at radius 3 is 3.00 bits per heavy atom. The molecule has 0 aliphatic carbocycles. The van der Waals surface area contributed by atoms with Gasteiger partial charge in [-0.3, -0.25) is 10.00 Å². The SMILES string of the molecule is COc1ccc2c(c1)CCN(CCCSc1n[nH]c(-c3[nH]ccc3C)n1)C2. The molecular formula is C20H25N5OS. The van der Waals surface area contributed by atoms with Crippen molar-refractivity contribution in [2.75, 3.05) is 26.0 Å². The Morgan fingerprint density at radius 1 is 1.26 bits per heavy atom. The van der Waals surface area contributed by atoms with Gasteiger partial charge in [0.15, 0.2) is 5.82 Å². The molecule has 0 unspecified atom stereocenters. The number of ether oxygens (including phenoxy) is 1. The molecule has 0 radical (unpaired) electrons. The quantitative estimate of drug-likeness (QED) is 0.481. The molecule has 6 nitrogen and oxygen atoms in total. The highest BCUT2D eigenvalue weighted by Gasteiger charge is 2.16. The van der Waals surface area contributed by atoms with Crippen molar-refractivity contribution in [2.45, 2.75) is 31.5 Å². The molecule has 3 aromatic rings. The fourth-order valence-corrected chi connectivity index (χ4v) is 4.20. The molecule has 1 aromatic carbocycles. The monoisotopic (exact) mass is 383 g/mol. The van der Waals surface area contributed by atoms with Crippen molar-refractivity contribution in [2.24, 2.45) is 0 Å². The number of benzene rings is 1. The lowest BCUT2D eigenvalue weighted by Gasteiger charge is -2.28. The number of methoxy groups -OCH3 is 1. The number of nitrogens with zero attached hydrogens (tertiary/aromatic N) is 3. The number of hydrogen-bond donors (Lipinski definition) is 2. The average Bonchev–Trinajstić information content (AvgIpc) is 3.33. The zero-order chi connectivity index (χ0) is 18.6. The first kappa shape index (κ1) is 18.1. The van der Waals surface area contributed by atoms with E-state index in [0.29, 0.717) is 0 Å². The van der Waals surface area contributed by atoms with Gasteiger partial charge < -0.3 is 9.72 Å². The average molecular weight is 384 g/mol. The summed E-state index contributed by atoms with van der Waals surface area (Å²) in [5.41, 5.74) is 5.03. The number of aromatic amines is 2. The number of fused-ring (bicyclic) bond motifs is 1. The summed E-state index contributed by atoms with van der Waals surface area (Å²) in [4.78, 5) is 10.3. The van der Waals surface area contributed by atoms with Gasteiger partial charge in [-0.15, -0.1) is 5.10 Å². The summed E-state index contributed by atoms with van der Waals surface area (Å²) in [6.45, 7) is 5.31. The van der Waals surface area contributed by atoms with E-state index in [4.69, 9.17) is 4.74 Å². The molecule has 0 bridgehead atoms. The third-order valence-electron chi connectivity index (χ3n) is 5.01. The van der Waals surface area contributed by atoms with E-state index < -0.39 is 0 Å². The predicted molar refractivity (Wildman–Crippen MR) is 108 cm³/mol. The van der Waals surface area contributed by atoms with Gasteiger partial charge in [-0.25, -0.2) is 0 Å². The molecule has 0 spiro atoms. The van der Waals surface area contributed by atoms with Gasteiger partial charge in [-0.1, -0.05) is 17.8 Å². The summed E-state index contributed by atoms with van der Waals surface area (Å²) >= 11 is 1.71. The van der Waals surface area contributed by atoms with Gasteiger partial charge in [0.2, 0.25) is 5.16 Å². The summed E-state index contributed by atoms with van der Waals surface area (Å²) in [5, 5.41) is 8.17. The van der Waals surface area contributed by atoms with Crippen LogP contribution in [-0.2, 0) is 13.0 Å². The molecule has 2 aromatic heterocycles. The molecule has 1 aliphatic rings. The summed E-state index contributed by atoms with van der Waals surface area (Å²) in [6, 6.07) is 8.48. The van der Waals surface area contributed by atoms with Crippen LogP contribution in [0.3, 0.4) is 0 Å². The van der Waals surface area contributed by atoms with Crippen LogP contribution in [0.4, 0.5) is 0 Å². The van der Waals surface area contributed by atoms with Gasteiger partial charge in [0.05, 0.1) is 12.8 Å². The van der Waals surface area contributed by atoms with Crippen LogP contribution in [0.2, 0.25) is 0 Å². The van der Waals surface area contributed by atoms with E-state index >= 15 is 0 Å². The molecule has 142 valence electrons. The maximum absolute atomic E-state index is 5.33. The number of thioether (sulfide) groups is 1. The van der Waals surface area contributed by atoms with Crippen molar-refractivity contribution in [3.8, 4) is 17.3 Å². The van der Waals surface area contributed by atoms with Gasteiger partial charge in [-0.05, 0) is 61.2 Å². The van der Waals surface area contributed by atoms with Crippen LogP contribution in [0.25, 0.3) is 11.5 Å². The lowest BCUT2D eigenvalue weighted by molar-refractivity contribution is 0.255. The Hall–Kier alpha value is -2.25. The zero-order valence-corrected chi connectivity index (χ0v) is 16.6. The topological polar surface area (TPSA) is 69.8 Å². The Balaban J connectivity index is 1.24. The first-order chi connectivity index (χ1) is 13.2. The number of nitrogens with one attached hydrogen (secondary N) is 2. The second kappa shape index (κ2) is 8.19. The first-order valence-electron chi connectivity index (χ1n) is 9.30. The molecular weight excluding hydrogens is 358 g/mol. The summed E-state index contributed by atoms with van der Waals surface area (Å²) in [7, 11) is 1.73. The Kier molecular flexibility index (Phi) is 5.50. The Bertz CT molecular complexity index is 903. The summed E-state index contributed by atoms with van der Waals surface area (Å²) in [5.74, 6) is 2.79. The largest absolute Gasteiger partial charge is 0.497 e. The molecule has 27 heavy (non-hydrogen) atoms. The highest BCUT2D eigenvalue weighted by Crippen LogP contribution is 2.24. The van der Waals surface area contributed by atoms with Crippen LogP contribution in [0, 0.1) is 6.92 Å². The Morgan fingerprint density at radius 2 is 2.19 bits per heavy atom. The van der Waals surface area contributed by atoms with Crippen LogP contribution in [-0.4, -0.2) is 51.0 Å². The van der Waals surface area contributed by atoms with Crippen molar-refractivity contribution in [1.82, 2.24) is 25.1 Å². The molecule has 7 heteroatoms. The minimum atomic E-state index is 0.808. The molecule has 0 atom stereocenters. The van der Waals surface area contributed by atoms with Gasteiger partial charge >= 0.3 is 0 Å². The van der Waals surface area contributed by atoms with Gasteiger partial charge in [-0.2, -0.15) is 4.98 Å². The Labute approximate surface area is 163 Å². The summed E-state index contributed by atoms with van der Waals surface area (Å²) < 4.78 is 5.33. The number of rotatable bonds is 7. The molecule has 2 N–H and O–H groups in total. The number of aryl methyl sites for hydroxylation is 1.